The van der Waals surface area contributed by atoms with Crippen LogP contribution in [0, 0.1) is 0 Å². The number of anilines is 3. The minimum absolute atomic E-state index is 0.229. The number of nitrogens with two attached hydrogens (primary N) is 1. The molecule has 0 unspecified atom stereocenters. The SMILES string of the molecule is Nc1ccc(OCCCc2c(O)nc(Nc3ccc4c(c3)CCC4)[nH]c2=O)cc1. The molecule has 150 valence electrons. The van der Waals surface area contributed by atoms with Crippen LogP contribution in [-0.4, -0.2) is 21.7 Å². The van der Waals surface area contributed by atoms with Crippen LogP contribution in [0.3, 0.4) is 0 Å². The molecule has 0 saturated carbocycles. The monoisotopic (exact) mass is 392 g/mol. The van der Waals surface area contributed by atoms with Crippen molar-refractivity contribution in [2.75, 3.05) is 17.7 Å². The van der Waals surface area contributed by atoms with Crippen molar-refractivity contribution >= 4 is 17.3 Å². The van der Waals surface area contributed by atoms with Crippen molar-refractivity contribution < 1.29 is 9.84 Å². The van der Waals surface area contributed by atoms with E-state index in [-0.39, 0.29) is 23.0 Å². The summed E-state index contributed by atoms with van der Waals surface area (Å²) in [6.07, 6.45) is 4.29. The topological polar surface area (TPSA) is 113 Å². The maximum atomic E-state index is 12.4. The fourth-order valence-corrected chi connectivity index (χ4v) is 3.56. The van der Waals surface area contributed by atoms with Crippen molar-refractivity contribution in [3.63, 3.8) is 0 Å². The lowest BCUT2D eigenvalue weighted by atomic mass is 10.1. The molecule has 0 atom stereocenters. The van der Waals surface area contributed by atoms with Crippen molar-refractivity contribution in [3.8, 4) is 11.6 Å². The zero-order valence-corrected chi connectivity index (χ0v) is 16.1. The van der Waals surface area contributed by atoms with Crippen molar-refractivity contribution in [1.82, 2.24) is 9.97 Å². The lowest BCUT2D eigenvalue weighted by molar-refractivity contribution is 0.310. The molecule has 4 rings (SSSR count). The van der Waals surface area contributed by atoms with Crippen molar-refractivity contribution in [2.45, 2.75) is 32.1 Å². The lowest BCUT2D eigenvalue weighted by Crippen LogP contribution is -2.17. The molecule has 7 nitrogen and oxygen atoms in total. The molecule has 2 aromatic carbocycles. The lowest BCUT2D eigenvalue weighted by Gasteiger charge is -2.10. The third-order valence-electron chi connectivity index (χ3n) is 5.07. The average Bonchev–Trinajstić information content (AvgIpc) is 3.16. The zero-order chi connectivity index (χ0) is 20.2. The summed E-state index contributed by atoms with van der Waals surface area (Å²) in [6.45, 7) is 0.415. The highest BCUT2D eigenvalue weighted by Gasteiger charge is 2.13. The van der Waals surface area contributed by atoms with E-state index >= 15 is 0 Å². The summed E-state index contributed by atoms with van der Waals surface area (Å²) in [7, 11) is 0. The molecule has 0 spiro atoms. The van der Waals surface area contributed by atoms with Gasteiger partial charge in [0.05, 0.1) is 12.2 Å². The molecule has 0 fully saturated rings. The maximum Gasteiger partial charge on any atom is 0.259 e. The van der Waals surface area contributed by atoms with Gasteiger partial charge in [-0.15, -0.1) is 0 Å². The Hall–Kier alpha value is -3.48. The van der Waals surface area contributed by atoms with Crippen LogP contribution in [0.2, 0.25) is 0 Å². The molecule has 1 aliphatic rings. The summed E-state index contributed by atoms with van der Waals surface area (Å²) < 4.78 is 5.62. The summed E-state index contributed by atoms with van der Waals surface area (Å²) >= 11 is 0. The van der Waals surface area contributed by atoms with Gasteiger partial charge in [0, 0.05) is 11.4 Å². The molecule has 7 heteroatoms. The fraction of sp³-hybridized carbons (Fsp3) is 0.273. The zero-order valence-electron chi connectivity index (χ0n) is 16.1. The molecule has 0 amide bonds. The molecule has 0 saturated heterocycles. The summed E-state index contributed by atoms with van der Waals surface area (Å²) in [5.74, 6) is 0.682. The van der Waals surface area contributed by atoms with Gasteiger partial charge < -0.3 is 20.9 Å². The van der Waals surface area contributed by atoms with Crippen LogP contribution in [0.1, 0.15) is 29.5 Å². The number of nitrogen functional groups attached to an aromatic ring is 1. The van der Waals surface area contributed by atoms with E-state index in [1.165, 1.54) is 17.5 Å². The van der Waals surface area contributed by atoms with E-state index in [2.05, 4.69) is 27.4 Å². The Morgan fingerprint density at radius 2 is 1.93 bits per heavy atom. The Balaban J connectivity index is 1.36. The second-order valence-electron chi connectivity index (χ2n) is 7.20. The number of aromatic hydroxyl groups is 1. The van der Waals surface area contributed by atoms with Crippen LogP contribution < -0.4 is 21.3 Å². The van der Waals surface area contributed by atoms with E-state index in [0.717, 1.165) is 18.5 Å². The first-order chi connectivity index (χ1) is 14.1. The Bertz CT molecular complexity index is 1060. The summed E-state index contributed by atoms with van der Waals surface area (Å²) in [5, 5.41) is 13.3. The molecular weight excluding hydrogens is 368 g/mol. The molecule has 3 aromatic rings. The molecule has 0 aliphatic heterocycles. The highest BCUT2D eigenvalue weighted by molar-refractivity contribution is 5.57. The summed E-state index contributed by atoms with van der Waals surface area (Å²) in [5.41, 5.74) is 9.75. The van der Waals surface area contributed by atoms with Crippen molar-refractivity contribution in [1.29, 1.82) is 0 Å². The quantitative estimate of drug-likeness (QED) is 0.362. The van der Waals surface area contributed by atoms with E-state index in [0.29, 0.717) is 30.9 Å². The van der Waals surface area contributed by atoms with Gasteiger partial charge in [0.1, 0.15) is 5.75 Å². The van der Waals surface area contributed by atoms with Gasteiger partial charge in [-0.1, -0.05) is 6.07 Å². The van der Waals surface area contributed by atoms with E-state index < -0.39 is 0 Å². The van der Waals surface area contributed by atoms with Gasteiger partial charge in [-0.05, 0) is 79.6 Å². The molecule has 5 N–H and O–H groups in total. The largest absolute Gasteiger partial charge is 0.494 e. The number of aromatic amines is 1. The number of H-pyrrole nitrogens is 1. The Labute approximate surface area is 168 Å². The van der Waals surface area contributed by atoms with Gasteiger partial charge in [-0.2, -0.15) is 4.98 Å². The number of hydrogen-bond acceptors (Lipinski definition) is 6. The van der Waals surface area contributed by atoms with Gasteiger partial charge in [-0.25, -0.2) is 0 Å². The van der Waals surface area contributed by atoms with Gasteiger partial charge >= 0.3 is 0 Å². The number of rotatable bonds is 7. The summed E-state index contributed by atoms with van der Waals surface area (Å²) in [4.78, 5) is 19.2. The van der Waals surface area contributed by atoms with Crippen LogP contribution in [0.15, 0.2) is 47.3 Å². The first kappa shape index (κ1) is 18.9. The first-order valence-electron chi connectivity index (χ1n) is 9.78. The van der Waals surface area contributed by atoms with Crippen LogP contribution in [0.5, 0.6) is 11.6 Å². The van der Waals surface area contributed by atoms with E-state index in [1.54, 1.807) is 24.3 Å². The Kier molecular flexibility index (Phi) is 5.37. The molecular formula is C22H24N4O3. The second-order valence-corrected chi connectivity index (χ2v) is 7.20. The van der Waals surface area contributed by atoms with Gasteiger partial charge in [0.15, 0.2) is 0 Å². The normalized spacial score (nSPS) is 12.6. The first-order valence-corrected chi connectivity index (χ1v) is 9.78. The number of fused-ring (bicyclic) bond motifs is 1. The van der Waals surface area contributed by atoms with Gasteiger partial charge in [-0.3, -0.25) is 9.78 Å². The van der Waals surface area contributed by atoms with E-state index in [1.807, 2.05) is 6.07 Å². The number of benzene rings is 2. The van der Waals surface area contributed by atoms with Gasteiger partial charge in [0.25, 0.3) is 5.56 Å². The predicted octanol–water partition coefficient (Wildman–Crippen LogP) is 3.30. The number of nitrogens with zero attached hydrogens (tertiary/aromatic N) is 1. The molecule has 1 aromatic heterocycles. The molecule has 0 bridgehead atoms. The van der Waals surface area contributed by atoms with Crippen LogP contribution in [-0.2, 0) is 19.3 Å². The van der Waals surface area contributed by atoms with Crippen LogP contribution in [0.25, 0.3) is 0 Å². The van der Waals surface area contributed by atoms with Gasteiger partial charge in [0.2, 0.25) is 11.8 Å². The number of hydrogen-bond donors (Lipinski definition) is 4. The molecule has 29 heavy (non-hydrogen) atoms. The van der Waals surface area contributed by atoms with Crippen LogP contribution in [0.4, 0.5) is 17.3 Å². The van der Waals surface area contributed by atoms with Crippen molar-refractivity contribution in [2.24, 2.45) is 0 Å². The van der Waals surface area contributed by atoms with E-state index in [4.69, 9.17) is 10.5 Å². The highest BCUT2D eigenvalue weighted by atomic mass is 16.5. The number of aromatic nitrogens is 2. The summed E-state index contributed by atoms with van der Waals surface area (Å²) in [6, 6.07) is 13.2. The highest BCUT2D eigenvalue weighted by Crippen LogP contribution is 2.26. The van der Waals surface area contributed by atoms with E-state index in [9.17, 15) is 9.90 Å². The number of ether oxygens (including phenoxy) is 1. The molecule has 1 heterocycles. The second kappa shape index (κ2) is 8.26. The maximum absolute atomic E-state index is 12.4. The Morgan fingerprint density at radius 1 is 1.14 bits per heavy atom. The smallest absolute Gasteiger partial charge is 0.259 e. The standard InChI is InChI=1S/C22H24N4O3/c23-16-7-10-18(11-8-16)29-12-2-5-19-20(27)25-22(26-21(19)28)24-17-9-6-14-3-1-4-15(14)13-17/h6-11,13H,1-5,12,23H2,(H3,24,25,26,27,28). The molecule has 1 aliphatic carbocycles. The third-order valence-corrected chi connectivity index (χ3v) is 5.07. The fourth-order valence-electron chi connectivity index (χ4n) is 3.56. The number of nitrogens with one attached hydrogen (secondary N) is 2. The third kappa shape index (κ3) is 4.51. The Morgan fingerprint density at radius 3 is 2.72 bits per heavy atom. The number of aryl methyl sites for hydroxylation is 2. The minimum atomic E-state index is -0.353. The average molecular weight is 392 g/mol. The predicted molar refractivity (Wildman–Crippen MR) is 113 cm³/mol. The van der Waals surface area contributed by atoms with Crippen molar-refractivity contribution in [3.05, 3.63) is 69.5 Å². The minimum Gasteiger partial charge on any atom is -0.494 e. The van der Waals surface area contributed by atoms with Crippen LogP contribution >= 0.6 is 0 Å². The molecule has 0 radical (unpaired) electrons.